The molecule has 86 valence electrons. The van der Waals surface area contributed by atoms with Crippen molar-refractivity contribution in [3.63, 3.8) is 0 Å². The molecule has 1 N–H and O–H groups in total. The quantitative estimate of drug-likeness (QED) is 0.754. The second-order valence-corrected chi connectivity index (χ2v) is 3.91. The number of nitrogens with zero attached hydrogens (tertiary/aromatic N) is 1. The highest BCUT2D eigenvalue weighted by molar-refractivity contribution is 5.97. The van der Waals surface area contributed by atoms with Crippen LogP contribution in [0, 0.1) is 6.92 Å². The maximum atomic E-state index is 12.1. The molecule has 1 aromatic heterocycles. The average molecular weight is 222 g/mol. The number of piperazine rings is 1. The van der Waals surface area contributed by atoms with Gasteiger partial charge >= 0.3 is 0 Å². The van der Waals surface area contributed by atoms with E-state index in [9.17, 15) is 9.59 Å². The molecule has 1 fully saturated rings. The number of furan rings is 1. The summed E-state index contributed by atoms with van der Waals surface area (Å²) in [4.78, 5) is 25.0. The van der Waals surface area contributed by atoms with Gasteiger partial charge in [0.25, 0.3) is 5.91 Å². The van der Waals surface area contributed by atoms with Crippen LogP contribution in [0.3, 0.4) is 0 Å². The Morgan fingerprint density at radius 1 is 1.62 bits per heavy atom. The van der Waals surface area contributed by atoms with Crippen molar-refractivity contribution >= 4 is 11.8 Å². The Kier molecular flexibility index (Phi) is 2.68. The van der Waals surface area contributed by atoms with Crippen LogP contribution in [0.2, 0.25) is 0 Å². The van der Waals surface area contributed by atoms with Crippen molar-refractivity contribution in [3.05, 3.63) is 23.7 Å². The van der Waals surface area contributed by atoms with Crippen LogP contribution < -0.4 is 5.32 Å². The van der Waals surface area contributed by atoms with Crippen molar-refractivity contribution in [2.24, 2.45) is 0 Å². The smallest absolute Gasteiger partial charge is 0.257 e. The van der Waals surface area contributed by atoms with Crippen LogP contribution in [-0.2, 0) is 4.79 Å². The monoisotopic (exact) mass is 222 g/mol. The van der Waals surface area contributed by atoms with Gasteiger partial charge in [-0.05, 0) is 19.9 Å². The van der Waals surface area contributed by atoms with Gasteiger partial charge in [-0.15, -0.1) is 0 Å². The number of nitrogens with one attached hydrogen (secondary N) is 1. The molecule has 0 bridgehead atoms. The zero-order valence-corrected chi connectivity index (χ0v) is 9.32. The lowest BCUT2D eigenvalue weighted by Gasteiger charge is -2.32. The van der Waals surface area contributed by atoms with E-state index in [2.05, 4.69) is 5.32 Å². The molecule has 2 rings (SSSR count). The summed E-state index contributed by atoms with van der Waals surface area (Å²) < 4.78 is 5.09. The lowest BCUT2D eigenvalue weighted by Crippen LogP contribution is -2.55. The molecule has 0 radical (unpaired) electrons. The van der Waals surface area contributed by atoms with Crippen molar-refractivity contribution < 1.29 is 14.0 Å². The summed E-state index contributed by atoms with van der Waals surface area (Å²) in [6.45, 7) is 4.55. The number of hydrogen-bond acceptors (Lipinski definition) is 3. The minimum atomic E-state index is -0.420. The van der Waals surface area contributed by atoms with Crippen molar-refractivity contribution in [2.45, 2.75) is 19.9 Å². The third kappa shape index (κ3) is 1.80. The Balaban J connectivity index is 2.18. The fourth-order valence-corrected chi connectivity index (χ4v) is 1.78. The summed E-state index contributed by atoms with van der Waals surface area (Å²) >= 11 is 0. The van der Waals surface area contributed by atoms with Crippen LogP contribution >= 0.6 is 0 Å². The fraction of sp³-hybridized carbons (Fsp3) is 0.455. The molecule has 0 saturated carbocycles. The van der Waals surface area contributed by atoms with Crippen LogP contribution in [0.5, 0.6) is 0 Å². The van der Waals surface area contributed by atoms with Gasteiger partial charge in [0.1, 0.15) is 18.1 Å². The standard InChI is InChI=1S/C11H14N2O3/c1-7-5-9(6-16-7)11(15)13-4-3-12-10(14)8(13)2/h5-6,8H,3-4H2,1-2H3,(H,12,14). The van der Waals surface area contributed by atoms with Crippen molar-refractivity contribution in [2.75, 3.05) is 13.1 Å². The fourth-order valence-electron chi connectivity index (χ4n) is 1.78. The molecule has 5 nitrogen and oxygen atoms in total. The normalized spacial score (nSPS) is 20.8. The minimum Gasteiger partial charge on any atom is -0.469 e. The first kappa shape index (κ1) is 10.7. The molecule has 1 saturated heterocycles. The Hall–Kier alpha value is -1.78. The molecule has 0 spiro atoms. The second kappa shape index (κ2) is 4.00. The van der Waals surface area contributed by atoms with E-state index >= 15 is 0 Å². The van der Waals surface area contributed by atoms with Crippen molar-refractivity contribution in [3.8, 4) is 0 Å². The summed E-state index contributed by atoms with van der Waals surface area (Å²) in [6, 6.07) is 1.26. The molecule has 1 aliphatic heterocycles. The van der Waals surface area contributed by atoms with Gasteiger partial charge < -0.3 is 14.6 Å². The van der Waals surface area contributed by atoms with Gasteiger partial charge in [-0.3, -0.25) is 9.59 Å². The van der Waals surface area contributed by atoms with Gasteiger partial charge in [0.15, 0.2) is 0 Å². The number of hydrogen-bond donors (Lipinski definition) is 1. The van der Waals surface area contributed by atoms with Gasteiger partial charge in [-0.2, -0.15) is 0 Å². The zero-order valence-electron chi connectivity index (χ0n) is 9.32. The molecule has 1 atom stereocenters. The Morgan fingerprint density at radius 3 is 3.00 bits per heavy atom. The summed E-state index contributed by atoms with van der Waals surface area (Å²) in [7, 11) is 0. The average Bonchev–Trinajstić information content (AvgIpc) is 2.68. The lowest BCUT2D eigenvalue weighted by atomic mass is 10.1. The first-order valence-corrected chi connectivity index (χ1v) is 5.23. The minimum absolute atomic E-state index is 0.111. The molecular weight excluding hydrogens is 208 g/mol. The van der Waals surface area contributed by atoms with Crippen LogP contribution in [0.15, 0.2) is 16.7 Å². The van der Waals surface area contributed by atoms with Crippen LogP contribution in [-0.4, -0.2) is 35.8 Å². The van der Waals surface area contributed by atoms with E-state index in [0.29, 0.717) is 24.4 Å². The first-order chi connectivity index (χ1) is 7.59. The first-order valence-electron chi connectivity index (χ1n) is 5.23. The highest BCUT2D eigenvalue weighted by Crippen LogP contribution is 2.13. The van der Waals surface area contributed by atoms with Crippen LogP contribution in [0.4, 0.5) is 0 Å². The summed E-state index contributed by atoms with van der Waals surface area (Å²) in [5, 5.41) is 2.72. The van der Waals surface area contributed by atoms with Crippen molar-refractivity contribution in [1.82, 2.24) is 10.2 Å². The Bertz CT molecular complexity index is 425. The van der Waals surface area contributed by atoms with Crippen LogP contribution in [0.25, 0.3) is 0 Å². The predicted molar refractivity (Wildman–Crippen MR) is 57.0 cm³/mol. The van der Waals surface area contributed by atoms with E-state index in [0.717, 1.165) is 0 Å². The van der Waals surface area contributed by atoms with Crippen LogP contribution in [0.1, 0.15) is 23.0 Å². The number of aryl methyl sites for hydroxylation is 1. The zero-order chi connectivity index (χ0) is 11.7. The molecule has 1 aliphatic rings. The summed E-state index contributed by atoms with van der Waals surface area (Å²) in [5.74, 6) is 0.427. The largest absolute Gasteiger partial charge is 0.469 e. The van der Waals surface area contributed by atoms with Crippen molar-refractivity contribution in [1.29, 1.82) is 0 Å². The third-order valence-corrected chi connectivity index (χ3v) is 2.74. The van der Waals surface area contributed by atoms with Gasteiger partial charge in [-0.25, -0.2) is 0 Å². The SMILES string of the molecule is Cc1cc(C(=O)N2CCNC(=O)C2C)co1. The van der Waals surface area contributed by atoms with Gasteiger partial charge in [-0.1, -0.05) is 0 Å². The van der Waals surface area contributed by atoms with Gasteiger partial charge in [0, 0.05) is 13.1 Å². The molecule has 1 unspecified atom stereocenters. The Labute approximate surface area is 93.4 Å². The molecular formula is C11H14N2O3. The van der Waals surface area contributed by atoms with Gasteiger partial charge in [0.2, 0.25) is 5.91 Å². The third-order valence-electron chi connectivity index (χ3n) is 2.74. The molecule has 5 heteroatoms. The molecule has 2 heterocycles. The number of rotatable bonds is 1. The maximum Gasteiger partial charge on any atom is 0.257 e. The maximum absolute atomic E-state index is 12.1. The molecule has 0 aromatic carbocycles. The van der Waals surface area contributed by atoms with Gasteiger partial charge in [0.05, 0.1) is 5.56 Å². The van der Waals surface area contributed by atoms with E-state index in [4.69, 9.17) is 4.42 Å². The number of carbonyl (C=O) groups excluding carboxylic acids is 2. The molecule has 16 heavy (non-hydrogen) atoms. The summed E-state index contributed by atoms with van der Waals surface area (Å²) in [5.41, 5.74) is 0.499. The molecule has 1 aromatic rings. The van der Waals surface area contributed by atoms with E-state index in [1.165, 1.54) is 6.26 Å². The Morgan fingerprint density at radius 2 is 2.38 bits per heavy atom. The highest BCUT2D eigenvalue weighted by Gasteiger charge is 2.30. The number of carbonyl (C=O) groups is 2. The van der Waals surface area contributed by atoms with E-state index < -0.39 is 6.04 Å². The van der Waals surface area contributed by atoms with E-state index in [-0.39, 0.29) is 11.8 Å². The van der Waals surface area contributed by atoms with E-state index in [1.54, 1.807) is 24.8 Å². The molecule has 0 aliphatic carbocycles. The molecule has 2 amide bonds. The number of amides is 2. The lowest BCUT2D eigenvalue weighted by molar-refractivity contribution is -0.127. The predicted octanol–water partition coefficient (Wildman–Crippen LogP) is 0.549. The second-order valence-electron chi connectivity index (χ2n) is 3.91. The summed E-state index contributed by atoms with van der Waals surface area (Å²) in [6.07, 6.45) is 1.43. The highest BCUT2D eigenvalue weighted by atomic mass is 16.3. The topological polar surface area (TPSA) is 62.6 Å². The van der Waals surface area contributed by atoms with E-state index in [1.807, 2.05) is 0 Å².